The second-order valence-electron chi connectivity index (χ2n) is 9.63. The van der Waals surface area contributed by atoms with Crippen molar-refractivity contribution in [2.45, 2.75) is 57.7 Å². The molecule has 5 heteroatoms. The first-order valence-electron chi connectivity index (χ1n) is 12.1. The van der Waals surface area contributed by atoms with E-state index in [1.165, 1.54) is 42.6 Å². The Hall–Kier alpha value is -2.37. The zero-order valence-electron chi connectivity index (χ0n) is 19.0. The highest BCUT2D eigenvalue weighted by atomic mass is 19.1. The highest BCUT2D eigenvalue weighted by Crippen LogP contribution is 2.32. The standard InChI is InChI=1S/C27H34FN3O/c1-20(32)4-5-21-6-7-23-18-30(14-10-22(23)16-21)24-8-9-27(26(28)17-24)31-15-11-25(19-31)29-12-2-3-13-29/h6-10,14,16-17,20,25,32H,2-5,11-13,15,18-19H2,1H3/t20-,25-/m1/s1. The van der Waals surface area contributed by atoms with Crippen molar-refractivity contribution in [1.82, 2.24) is 4.90 Å². The second kappa shape index (κ2) is 9.24. The Kier molecular flexibility index (Phi) is 6.20. The Morgan fingerprint density at radius 2 is 1.94 bits per heavy atom. The summed E-state index contributed by atoms with van der Waals surface area (Å²) < 4.78 is 15.1. The third-order valence-corrected chi connectivity index (χ3v) is 7.26. The fourth-order valence-electron chi connectivity index (χ4n) is 5.35. The number of fused-ring (bicyclic) bond motifs is 1. The molecule has 3 heterocycles. The molecule has 0 aliphatic carbocycles. The van der Waals surface area contributed by atoms with Gasteiger partial charge in [-0.05, 0) is 93.1 Å². The molecular weight excluding hydrogens is 401 g/mol. The van der Waals surface area contributed by atoms with Crippen LogP contribution < -0.4 is 9.80 Å². The summed E-state index contributed by atoms with van der Waals surface area (Å²) in [5.41, 5.74) is 5.33. The van der Waals surface area contributed by atoms with Crippen LogP contribution in [0, 0.1) is 5.82 Å². The first-order chi connectivity index (χ1) is 15.6. The molecule has 1 N–H and O–H groups in total. The molecule has 0 unspecified atom stereocenters. The zero-order chi connectivity index (χ0) is 22.1. The molecule has 0 bridgehead atoms. The van der Waals surface area contributed by atoms with Gasteiger partial charge in [-0.3, -0.25) is 4.90 Å². The van der Waals surface area contributed by atoms with Gasteiger partial charge in [0.1, 0.15) is 5.82 Å². The van der Waals surface area contributed by atoms with Gasteiger partial charge in [-0.25, -0.2) is 4.39 Å². The summed E-state index contributed by atoms with van der Waals surface area (Å²) in [4.78, 5) is 6.91. The number of aliphatic hydroxyl groups is 1. The van der Waals surface area contributed by atoms with E-state index >= 15 is 4.39 Å². The summed E-state index contributed by atoms with van der Waals surface area (Å²) in [6.07, 6.45) is 9.27. The fraction of sp³-hybridized carbons (Fsp3) is 0.481. The monoisotopic (exact) mass is 435 g/mol. The van der Waals surface area contributed by atoms with Gasteiger partial charge in [0.25, 0.3) is 0 Å². The van der Waals surface area contributed by atoms with Crippen LogP contribution in [0.15, 0.2) is 42.6 Å². The van der Waals surface area contributed by atoms with Gasteiger partial charge < -0.3 is 14.9 Å². The van der Waals surface area contributed by atoms with Gasteiger partial charge in [-0.2, -0.15) is 0 Å². The summed E-state index contributed by atoms with van der Waals surface area (Å²) in [7, 11) is 0. The Bertz CT molecular complexity index is 983. The number of aryl methyl sites for hydroxylation is 1. The Morgan fingerprint density at radius 1 is 1.09 bits per heavy atom. The Balaban J connectivity index is 1.26. The molecular formula is C27H34FN3O. The van der Waals surface area contributed by atoms with E-state index in [1.807, 2.05) is 19.1 Å². The lowest BCUT2D eigenvalue weighted by Gasteiger charge is -2.28. The van der Waals surface area contributed by atoms with Crippen LogP contribution in [0.1, 0.15) is 49.3 Å². The van der Waals surface area contributed by atoms with E-state index in [4.69, 9.17) is 0 Å². The van der Waals surface area contributed by atoms with Crippen LogP contribution in [0.2, 0.25) is 0 Å². The molecule has 2 aromatic rings. The SMILES string of the molecule is C[C@@H](O)CCc1ccc2c(c1)C=CN(c1ccc(N3CC[C@@H](N4CCCC4)C3)c(F)c1)C2. The van der Waals surface area contributed by atoms with Gasteiger partial charge in [0.05, 0.1) is 11.8 Å². The highest BCUT2D eigenvalue weighted by molar-refractivity contribution is 5.66. The molecule has 0 saturated carbocycles. The van der Waals surface area contributed by atoms with Crippen LogP contribution in [-0.2, 0) is 13.0 Å². The minimum Gasteiger partial charge on any atom is -0.393 e. The molecule has 2 atom stereocenters. The van der Waals surface area contributed by atoms with Crippen molar-refractivity contribution in [1.29, 1.82) is 0 Å². The van der Waals surface area contributed by atoms with Gasteiger partial charge in [0, 0.05) is 37.6 Å². The van der Waals surface area contributed by atoms with Crippen molar-refractivity contribution < 1.29 is 9.50 Å². The van der Waals surface area contributed by atoms with Crippen LogP contribution in [-0.4, -0.2) is 48.3 Å². The average Bonchev–Trinajstić information content (AvgIpc) is 3.49. The minimum atomic E-state index is -0.276. The maximum Gasteiger partial charge on any atom is 0.148 e. The molecule has 2 aromatic carbocycles. The summed E-state index contributed by atoms with van der Waals surface area (Å²) >= 11 is 0. The lowest BCUT2D eigenvalue weighted by Crippen LogP contribution is -2.35. The largest absolute Gasteiger partial charge is 0.393 e. The van der Waals surface area contributed by atoms with Crippen LogP contribution in [0.4, 0.5) is 15.8 Å². The molecule has 3 aliphatic rings. The van der Waals surface area contributed by atoms with Crippen molar-refractivity contribution in [2.24, 2.45) is 0 Å². The van der Waals surface area contributed by atoms with Crippen molar-refractivity contribution in [3.05, 3.63) is 65.1 Å². The molecule has 3 aliphatic heterocycles. The summed E-state index contributed by atoms with van der Waals surface area (Å²) in [5, 5.41) is 9.53. The lowest BCUT2D eigenvalue weighted by atomic mass is 9.98. The number of anilines is 2. The van der Waals surface area contributed by atoms with E-state index in [-0.39, 0.29) is 11.9 Å². The van der Waals surface area contributed by atoms with Crippen LogP contribution in [0.25, 0.3) is 6.08 Å². The van der Waals surface area contributed by atoms with E-state index in [0.29, 0.717) is 6.04 Å². The fourth-order valence-corrected chi connectivity index (χ4v) is 5.35. The molecule has 4 nitrogen and oxygen atoms in total. The van der Waals surface area contributed by atoms with Gasteiger partial charge in [0.15, 0.2) is 0 Å². The third kappa shape index (κ3) is 4.55. The van der Waals surface area contributed by atoms with Crippen LogP contribution >= 0.6 is 0 Å². The molecule has 0 radical (unpaired) electrons. The number of rotatable bonds is 6. The van der Waals surface area contributed by atoms with Crippen LogP contribution in [0.3, 0.4) is 0 Å². The summed E-state index contributed by atoms with van der Waals surface area (Å²) in [6.45, 7) is 6.84. The molecule has 2 saturated heterocycles. The first-order valence-corrected chi connectivity index (χ1v) is 12.1. The average molecular weight is 436 g/mol. The second-order valence-corrected chi connectivity index (χ2v) is 9.63. The van der Waals surface area contributed by atoms with Gasteiger partial charge in [0.2, 0.25) is 0 Å². The quantitative estimate of drug-likeness (QED) is 0.706. The molecule has 0 aromatic heterocycles. The summed E-state index contributed by atoms with van der Waals surface area (Å²) in [6, 6.07) is 12.8. The third-order valence-electron chi connectivity index (χ3n) is 7.26. The Morgan fingerprint density at radius 3 is 2.72 bits per heavy atom. The topological polar surface area (TPSA) is 30.0 Å². The molecule has 0 amide bonds. The van der Waals surface area contributed by atoms with Crippen LogP contribution in [0.5, 0.6) is 0 Å². The number of aliphatic hydroxyl groups excluding tert-OH is 1. The maximum atomic E-state index is 15.1. The number of benzene rings is 2. The number of hydrogen-bond donors (Lipinski definition) is 1. The maximum absolute atomic E-state index is 15.1. The zero-order valence-corrected chi connectivity index (χ0v) is 19.0. The van der Waals surface area contributed by atoms with E-state index in [0.717, 1.165) is 50.3 Å². The molecule has 170 valence electrons. The van der Waals surface area contributed by atoms with Gasteiger partial charge in [-0.1, -0.05) is 18.2 Å². The van der Waals surface area contributed by atoms with E-state index in [1.54, 1.807) is 6.07 Å². The molecule has 5 rings (SSSR count). The first kappa shape index (κ1) is 21.5. The number of halogens is 1. The van der Waals surface area contributed by atoms with Crippen molar-refractivity contribution in [3.8, 4) is 0 Å². The molecule has 32 heavy (non-hydrogen) atoms. The van der Waals surface area contributed by atoms with Crippen molar-refractivity contribution in [3.63, 3.8) is 0 Å². The smallest absolute Gasteiger partial charge is 0.148 e. The minimum absolute atomic E-state index is 0.128. The molecule has 0 spiro atoms. The Labute approximate surface area is 190 Å². The van der Waals surface area contributed by atoms with Gasteiger partial charge in [-0.15, -0.1) is 0 Å². The van der Waals surface area contributed by atoms with E-state index < -0.39 is 0 Å². The normalized spacial score (nSPS) is 21.9. The molecule has 2 fully saturated rings. The predicted octanol–water partition coefficient (Wildman–Crippen LogP) is 4.80. The summed E-state index contributed by atoms with van der Waals surface area (Å²) in [5.74, 6) is -0.128. The van der Waals surface area contributed by atoms with E-state index in [9.17, 15) is 5.11 Å². The number of nitrogens with zero attached hydrogens (tertiary/aromatic N) is 3. The highest BCUT2D eigenvalue weighted by Gasteiger charge is 2.30. The van der Waals surface area contributed by atoms with Crippen molar-refractivity contribution in [2.75, 3.05) is 36.0 Å². The van der Waals surface area contributed by atoms with Crippen molar-refractivity contribution >= 4 is 17.5 Å². The lowest BCUT2D eigenvalue weighted by molar-refractivity contribution is 0.185. The number of hydrogen-bond acceptors (Lipinski definition) is 4. The van der Waals surface area contributed by atoms with E-state index in [2.05, 4.69) is 45.2 Å². The predicted molar refractivity (Wildman–Crippen MR) is 129 cm³/mol. The van der Waals surface area contributed by atoms with Gasteiger partial charge >= 0.3 is 0 Å². The number of likely N-dealkylation sites (tertiary alicyclic amines) is 1.